The van der Waals surface area contributed by atoms with Gasteiger partial charge in [-0.1, -0.05) is 36.4 Å². The molecule has 4 aromatic rings. The third-order valence-electron chi connectivity index (χ3n) is 5.50. The molecule has 0 radical (unpaired) electrons. The predicted molar refractivity (Wildman–Crippen MR) is 120 cm³/mol. The van der Waals surface area contributed by atoms with E-state index in [2.05, 4.69) is 15.3 Å². The number of hydrogen-bond donors (Lipinski definition) is 2. The molecule has 7 heteroatoms. The topological polar surface area (TPSA) is 97.0 Å². The fourth-order valence-corrected chi connectivity index (χ4v) is 3.92. The first-order valence-corrected chi connectivity index (χ1v) is 10.3. The molecule has 5 rings (SSSR count). The third kappa shape index (κ3) is 3.43. The van der Waals surface area contributed by atoms with Gasteiger partial charge in [0, 0.05) is 36.0 Å². The minimum atomic E-state index is -0.168. The molecule has 2 N–H and O–H groups in total. The van der Waals surface area contributed by atoms with Gasteiger partial charge in [0.05, 0.1) is 29.6 Å². The van der Waals surface area contributed by atoms with Crippen molar-refractivity contribution in [2.75, 3.05) is 13.7 Å². The van der Waals surface area contributed by atoms with Gasteiger partial charge in [-0.3, -0.25) is 9.59 Å². The second kappa shape index (κ2) is 8.11. The zero-order chi connectivity index (χ0) is 22.1. The van der Waals surface area contributed by atoms with Crippen molar-refractivity contribution in [1.82, 2.24) is 20.3 Å². The highest BCUT2D eigenvalue weighted by Crippen LogP contribution is 2.29. The Kier molecular flexibility index (Phi) is 4.99. The monoisotopic (exact) mass is 424 g/mol. The van der Waals surface area contributed by atoms with Crippen molar-refractivity contribution in [2.24, 2.45) is 0 Å². The van der Waals surface area contributed by atoms with Crippen LogP contribution in [-0.4, -0.2) is 40.3 Å². The average molecular weight is 424 g/mol. The van der Waals surface area contributed by atoms with Crippen LogP contribution in [0.2, 0.25) is 0 Å². The molecule has 3 heterocycles. The van der Waals surface area contributed by atoms with Crippen LogP contribution in [0.4, 0.5) is 0 Å². The molecular weight excluding hydrogens is 404 g/mol. The van der Waals surface area contributed by atoms with Gasteiger partial charge in [-0.15, -0.1) is 0 Å². The summed E-state index contributed by atoms with van der Waals surface area (Å²) in [6.07, 6.45) is 2.40. The van der Waals surface area contributed by atoms with Crippen LogP contribution in [0.15, 0.2) is 66.9 Å². The summed E-state index contributed by atoms with van der Waals surface area (Å²) in [6, 6.07) is 18.0. The molecule has 0 fully saturated rings. The van der Waals surface area contributed by atoms with E-state index < -0.39 is 0 Å². The maximum Gasteiger partial charge on any atom is 0.253 e. The van der Waals surface area contributed by atoms with Crippen LogP contribution < -0.4 is 10.1 Å². The van der Waals surface area contributed by atoms with Crippen LogP contribution in [0.1, 0.15) is 32.0 Å². The molecule has 0 bridgehead atoms. The van der Waals surface area contributed by atoms with Crippen LogP contribution in [0.5, 0.6) is 5.75 Å². The van der Waals surface area contributed by atoms with E-state index in [1.54, 1.807) is 43.6 Å². The minimum absolute atomic E-state index is 0.0872. The standard InChI is InChI=1S/C25H20N4O3/c1-32-22-9-5-4-8-17(22)23(30)15-6-2-3-7-16(15)24-26-12-11-20(29-24)21-14-18-19(28-21)10-13-27-25(18)31/h2-9,11-12,14,28H,10,13H2,1H3,(H,27,31). The highest BCUT2D eigenvalue weighted by Gasteiger charge is 2.22. The van der Waals surface area contributed by atoms with E-state index in [-0.39, 0.29) is 11.7 Å². The number of rotatable bonds is 5. The number of aromatic nitrogens is 3. The average Bonchev–Trinajstić information content (AvgIpc) is 3.30. The molecule has 0 saturated carbocycles. The van der Waals surface area contributed by atoms with Gasteiger partial charge in [-0.25, -0.2) is 9.97 Å². The van der Waals surface area contributed by atoms with Crippen LogP contribution in [-0.2, 0) is 6.42 Å². The first kappa shape index (κ1) is 19.7. The van der Waals surface area contributed by atoms with E-state index in [0.29, 0.717) is 46.1 Å². The van der Waals surface area contributed by atoms with Crippen LogP contribution >= 0.6 is 0 Å². The normalized spacial score (nSPS) is 12.7. The van der Waals surface area contributed by atoms with Crippen molar-refractivity contribution in [3.8, 4) is 28.5 Å². The maximum atomic E-state index is 13.4. The Morgan fingerprint density at radius 3 is 2.59 bits per heavy atom. The van der Waals surface area contributed by atoms with Gasteiger partial charge in [0.2, 0.25) is 0 Å². The van der Waals surface area contributed by atoms with Gasteiger partial charge in [0.1, 0.15) is 5.75 Å². The Morgan fingerprint density at radius 1 is 1.00 bits per heavy atom. The molecule has 0 atom stereocenters. The van der Waals surface area contributed by atoms with Crippen molar-refractivity contribution in [2.45, 2.75) is 6.42 Å². The molecular formula is C25H20N4O3. The lowest BCUT2D eigenvalue weighted by Crippen LogP contribution is -2.31. The van der Waals surface area contributed by atoms with Crippen molar-refractivity contribution in [1.29, 1.82) is 0 Å². The third-order valence-corrected chi connectivity index (χ3v) is 5.50. The first-order chi connectivity index (χ1) is 15.7. The molecule has 7 nitrogen and oxygen atoms in total. The lowest BCUT2D eigenvalue weighted by Gasteiger charge is -2.11. The molecule has 158 valence electrons. The SMILES string of the molecule is COc1ccccc1C(=O)c1ccccc1-c1nccc(-c2cc3c([nH]2)CCNC3=O)n1. The Labute approximate surface area is 184 Å². The van der Waals surface area contributed by atoms with E-state index in [0.717, 1.165) is 17.8 Å². The quantitative estimate of drug-likeness (QED) is 0.477. The summed E-state index contributed by atoms with van der Waals surface area (Å²) in [6.45, 7) is 0.610. The van der Waals surface area contributed by atoms with E-state index in [4.69, 9.17) is 9.72 Å². The maximum absolute atomic E-state index is 13.4. The number of aromatic amines is 1. The Balaban J connectivity index is 1.56. The molecule has 1 aliphatic heterocycles. The summed E-state index contributed by atoms with van der Waals surface area (Å²) in [5.41, 5.74) is 4.51. The van der Waals surface area contributed by atoms with Crippen LogP contribution in [0.3, 0.4) is 0 Å². The summed E-state index contributed by atoms with van der Waals surface area (Å²) < 4.78 is 5.37. The van der Waals surface area contributed by atoms with Crippen molar-refractivity contribution < 1.29 is 14.3 Å². The number of fused-ring (bicyclic) bond motifs is 1. The molecule has 0 aliphatic carbocycles. The van der Waals surface area contributed by atoms with E-state index >= 15 is 0 Å². The zero-order valence-corrected chi connectivity index (χ0v) is 17.4. The second-order valence-electron chi connectivity index (χ2n) is 7.42. The van der Waals surface area contributed by atoms with E-state index in [1.807, 2.05) is 30.3 Å². The van der Waals surface area contributed by atoms with E-state index in [9.17, 15) is 9.59 Å². The summed E-state index contributed by atoms with van der Waals surface area (Å²) in [7, 11) is 1.54. The predicted octanol–water partition coefficient (Wildman–Crippen LogP) is 3.66. The molecule has 0 unspecified atom stereocenters. The summed E-state index contributed by atoms with van der Waals surface area (Å²) in [5, 5.41) is 2.85. The number of carbonyl (C=O) groups excluding carboxylic acids is 2. The number of amides is 1. The molecule has 2 aromatic heterocycles. The smallest absolute Gasteiger partial charge is 0.253 e. The minimum Gasteiger partial charge on any atom is -0.496 e. The van der Waals surface area contributed by atoms with Gasteiger partial charge in [0.15, 0.2) is 11.6 Å². The number of nitrogens with zero attached hydrogens (tertiary/aromatic N) is 2. The van der Waals surface area contributed by atoms with Crippen molar-refractivity contribution in [3.63, 3.8) is 0 Å². The Morgan fingerprint density at radius 2 is 1.78 bits per heavy atom. The lowest BCUT2D eigenvalue weighted by molar-refractivity contribution is 0.0945. The zero-order valence-electron chi connectivity index (χ0n) is 17.4. The fraction of sp³-hybridized carbons (Fsp3) is 0.120. The van der Waals surface area contributed by atoms with Gasteiger partial charge < -0.3 is 15.0 Å². The summed E-state index contributed by atoms with van der Waals surface area (Å²) >= 11 is 0. The number of nitrogens with one attached hydrogen (secondary N) is 2. The van der Waals surface area contributed by atoms with Crippen LogP contribution in [0, 0.1) is 0 Å². The molecule has 0 saturated heterocycles. The number of methoxy groups -OCH3 is 1. The molecule has 32 heavy (non-hydrogen) atoms. The first-order valence-electron chi connectivity index (χ1n) is 10.3. The van der Waals surface area contributed by atoms with Crippen LogP contribution in [0.25, 0.3) is 22.8 Å². The molecule has 1 amide bonds. The molecule has 2 aromatic carbocycles. The number of carbonyl (C=O) groups is 2. The van der Waals surface area contributed by atoms with Crippen molar-refractivity contribution in [3.05, 3.63) is 89.2 Å². The Hall–Kier alpha value is -4.26. The molecule has 1 aliphatic rings. The highest BCUT2D eigenvalue weighted by atomic mass is 16.5. The second-order valence-corrected chi connectivity index (χ2v) is 7.42. The van der Waals surface area contributed by atoms with Gasteiger partial charge in [-0.05, 0) is 24.3 Å². The summed E-state index contributed by atoms with van der Waals surface area (Å²) in [5.74, 6) is 0.686. The fourth-order valence-electron chi connectivity index (χ4n) is 3.92. The number of H-pyrrole nitrogens is 1. The number of ether oxygens (including phenoxy) is 1. The Bertz CT molecular complexity index is 1340. The number of ketones is 1. The number of para-hydroxylation sites is 1. The lowest BCUT2D eigenvalue weighted by atomic mass is 9.97. The molecule has 0 spiro atoms. The van der Waals surface area contributed by atoms with E-state index in [1.165, 1.54) is 0 Å². The highest BCUT2D eigenvalue weighted by molar-refractivity contribution is 6.14. The number of benzene rings is 2. The largest absolute Gasteiger partial charge is 0.496 e. The van der Waals surface area contributed by atoms with Gasteiger partial charge >= 0.3 is 0 Å². The van der Waals surface area contributed by atoms with Crippen molar-refractivity contribution >= 4 is 11.7 Å². The van der Waals surface area contributed by atoms with Gasteiger partial charge in [-0.2, -0.15) is 0 Å². The number of hydrogen-bond acceptors (Lipinski definition) is 5. The summed E-state index contributed by atoms with van der Waals surface area (Å²) in [4.78, 5) is 37.9. The van der Waals surface area contributed by atoms with Gasteiger partial charge in [0.25, 0.3) is 5.91 Å².